The average molecular weight is 400 g/mol. The van der Waals surface area contributed by atoms with E-state index in [9.17, 15) is 5.26 Å². The van der Waals surface area contributed by atoms with Crippen molar-refractivity contribution in [2.24, 2.45) is 35.0 Å². The molecule has 0 heterocycles. The Bertz CT molecular complexity index is 489. The van der Waals surface area contributed by atoms with Crippen molar-refractivity contribution in [1.29, 1.82) is 5.26 Å². The van der Waals surface area contributed by atoms with Gasteiger partial charge in [-0.2, -0.15) is 5.26 Å². The van der Waals surface area contributed by atoms with Gasteiger partial charge in [-0.25, -0.2) is 0 Å². The van der Waals surface area contributed by atoms with Gasteiger partial charge in [-0.1, -0.05) is 78.1 Å². The summed E-state index contributed by atoms with van der Waals surface area (Å²) in [5.74, 6) is 4.93. The summed E-state index contributed by atoms with van der Waals surface area (Å²) in [6.07, 6.45) is 27.0. The summed E-state index contributed by atoms with van der Waals surface area (Å²) in [6.45, 7) is 4.55. The lowest BCUT2D eigenvalue weighted by Gasteiger charge is -2.43. The van der Waals surface area contributed by atoms with Crippen LogP contribution in [0.25, 0.3) is 0 Å². The van der Waals surface area contributed by atoms with Crippen molar-refractivity contribution in [2.75, 3.05) is 0 Å². The lowest BCUT2D eigenvalue weighted by Crippen LogP contribution is -2.33. The standard InChI is InChI=1S/C28H49N/c1-3-5-6-7-8-10-23-12-14-24(15-13-23)25-16-18-26(19-17-25)27-11-9-20-28(4-2,21-27)22-29/h23-27H,3-21H2,1-2H3. The smallest absolute Gasteiger partial charge is 0.0689 e. The normalized spacial score (nSPS) is 38.4. The molecule has 29 heavy (non-hydrogen) atoms. The zero-order valence-electron chi connectivity index (χ0n) is 19.8. The van der Waals surface area contributed by atoms with Gasteiger partial charge >= 0.3 is 0 Å². The van der Waals surface area contributed by atoms with Gasteiger partial charge in [0.05, 0.1) is 11.5 Å². The van der Waals surface area contributed by atoms with E-state index in [1.807, 2.05) is 0 Å². The van der Waals surface area contributed by atoms with Crippen molar-refractivity contribution < 1.29 is 0 Å². The van der Waals surface area contributed by atoms with E-state index in [0.29, 0.717) is 0 Å². The van der Waals surface area contributed by atoms with Gasteiger partial charge in [0.25, 0.3) is 0 Å². The van der Waals surface area contributed by atoms with E-state index in [1.54, 1.807) is 0 Å². The molecule has 0 aromatic heterocycles. The van der Waals surface area contributed by atoms with Crippen LogP contribution in [0.5, 0.6) is 0 Å². The molecule has 0 aliphatic heterocycles. The Morgan fingerprint density at radius 1 is 0.724 bits per heavy atom. The fourth-order valence-corrected chi connectivity index (χ4v) is 7.39. The first kappa shape index (κ1) is 23.2. The van der Waals surface area contributed by atoms with E-state index >= 15 is 0 Å². The molecule has 0 saturated heterocycles. The van der Waals surface area contributed by atoms with E-state index in [-0.39, 0.29) is 5.41 Å². The minimum Gasteiger partial charge on any atom is -0.198 e. The quantitative estimate of drug-likeness (QED) is 0.355. The molecule has 0 spiro atoms. The van der Waals surface area contributed by atoms with E-state index in [4.69, 9.17) is 0 Å². The maximum absolute atomic E-state index is 9.73. The highest BCUT2D eigenvalue weighted by Crippen LogP contribution is 2.49. The molecule has 0 bridgehead atoms. The fraction of sp³-hybridized carbons (Fsp3) is 0.964. The number of hydrogen-bond donors (Lipinski definition) is 0. The Morgan fingerprint density at radius 2 is 1.31 bits per heavy atom. The molecular formula is C28H49N. The van der Waals surface area contributed by atoms with Crippen molar-refractivity contribution in [3.8, 4) is 6.07 Å². The third-order valence-electron chi connectivity index (χ3n) is 9.55. The summed E-state index contributed by atoms with van der Waals surface area (Å²) in [4.78, 5) is 0. The van der Waals surface area contributed by atoms with Crippen molar-refractivity contribution in [2.45, 2.75) is 136 Å². The van der Waals surface area contributed by atoms with Gasteiger partial charge in [-0.05, 0) is 87.4 Å². The molecule has 2 atom stereocenters. The van der Waals surface area contributed by atoms with Crippen LogP contribution < -0.4 is 0 Å². The first-order valence-electron chi connectivity index (χ1n) is 13.6. The highest BCUT2D eigenvalue weighted by Gasteiger charge is 2.40. The minimum atomic E-state index is 0.0225. The second-order valence-corrected chi connectivity index (χ2v) is 11.3. The third kappa shape index (κ3) is 6.48. The topological polar surface area (TPSA) is 23.8 Å². The molecule has 1 nitrogen and oxygen atoms in total. The number of unbranched alkanes of at least 4 members (excludes halogenated alkanes) is 4. The number of rotatable bonds is 9. The first-order chi connectivity index (χ1) is 14.2. The molecule has 3 fully saturated rings. The highest BCUT2D eigenvalue weighted by molar-refractivity contribution is 5.02. The largest absolute Gasteiger partial charge is 0.198 e. The Hall–Kier alpha value is -0.510. The molecule has 1 heteroatoms. The first-order valence-corrected chi connectivity index (χ1v) is 13.6. The SMILES string of the molecule is CCCCCCCC1CCC(C2CCC(C3CCCC(C#N)(CC)C3)CC2)CC1. The minimum absolute atomic E-state index is 0.0225. The van der Waals surface area contributed by atoms with E-state index < -0.39 is 0 Å². The van der Waals surface area contributed by atoms with Gasteiger partial charge in [0.1, 0.15) is 0 Å². The second-order valence-electron chi connectivity index (χ2n) is 11.3. The zero-order valence-corrected chi connectivity index (χ0v) is 19.8. The number of hydrogen-bond acceptors (Lipinski definition) is 1. The molecule has 2 unspecified atom stereocenters. The van der Waals surface area contributed by atoms with Crippen LogP contribution in [0.15, 0.2) is 0 Å². The van der Waals surface area contributed by atoms with Crippen molar-refractivity contribution in [3.05, 3.63) is 0 Å². The average Bonchev–Trinajstić information content (AvgIpc) is 2.79. The predicted octanol–water partition coefficient (Wildman–Crippen LogP) is 9.07. The summed E-state index contributed by atoms with van der Waals surface area (Å²) >= 11 is 0. The molecular weight excluding hydrogens is 350 g/mol. The molecule has 3 aliphatic rings. The second kappa shape index (κ2) is 11.8. The lowest BCUT2D eigenvalue weighted by atomic mass is 9.61. The molecule has 0 amide bonds. The van der Waals surface area contributed by atoms with Gasteiger partial charge < -0.3 is 0 Å². The molecule has 166 valence electrons. The molecule has 3 aliphatic carbocycles. The summed E-state index contributed by atoms with van der Waals surface area (Å²) in [6, 6.07) is 2.73. The van der Waals surface area contributed by atoms with Crippen LogP contribution in [0.4, 0.5) is 0 Å². The van der Waals surface area contributed by atoms with Crippen molar-refractivity contribution in [3.63, 3.8) is 0 Å². The van der Waals surface area contributed by atoms with Gasteiger partial charge in [0.2, 0.25) is 0 Å². The van der Waals surface area contributed by atoms with E-state index in [2.05, 4.69) is 19.9 Å². The van der Waals surface area contributed by atoms with Crippen LogP contribution in [0.1, 0.15) is 136 Å². The summed E-state index contributed by atoms with van der Waals surface area (Å²) in [7, 11) is 0. The number of nitrogens with zero attached hydrogens (tertiary/aromatic N) is 1. The zero-order chi connectivity index (χ0) is 20.5. The summed E-state index contributed by atoms with van der Waals surface area (Å²) in [5.41, 5.74) is 0.0225. The van der Waals surface area contributed by atoms with Crippen molar-refractivity contribution >= 4 is 0 Å². The van der Waals surface area contributed by atoms with E-state index in [1.165, 1.54) is 109 Å². The van der Waals surface area contributed by atoms with Crippen molar-refractivity contribution in [1.82, 2.24) is 0 Å². The Labute approximate surface area is 182 Å². The molecule has 0 N–H and O–H groups in total. The molecule has 0 aromatic rings. The summed E-state index contributed by atoms with van der Waals surface area (Å²) < 4.78 is 0. The maximum atomic E-state index is 9.73. The predicted molar refractivity (Wildman–Crippen MR) is 125 cm³/mol. The molecule has 0 aromatic carbocycles. The summed E-state index contributed by atoms with van der Waals surface area (Å²) in [5, 5.41) is 9.73. The Morgan fingerprint density at radius 3 is 1.90 bits per heavy atom. The van der Waals surface area contributed by atoms with Gasteiger partial charge in [-0.15, -0.1) is 0 Å². The van der Waals surface area contributed by atoms with Crippen LogP contribution in [0.2, 0.25) is 0 Å². The molecule has 3 saturated carbocycles. The maximum Gasteiger partial charge on any atom is 0.0689 e. The highest BCUT2D eigenvalue weighted by atomic mass is 14.5. The van der Waals surface area contributed by atoms with Crippen LogP contribution >= 0.6 is 0 Å². The molecule has 3 rings (SSSR count). The van der Waals surface area contributed by atoms with Crippen LogP contribution in [-0.2, 0) is 0 Å². The van der Waals surface area contributed by atoms with Gasteiger partial charge in [0.15, 0.2) is 0 Å². The fourth-order valence-electron chi connectivity index (χ4n) is 7.39. The van der Waals surface area contributed by atoms with Crippen LogP contribution in [-0.4, -0.2) is 0 Å². The van der Waals surface area contributed by atoms with Gasteiger partial charge in [0, 0.05) is 0 Å². The van der Waals surface area contributed by atoms with Crippen LogP contribution in [0, 0.1) is 46.3 Å². The Balaban J connectivity index is 1.35. The number of nitriles is 1. The Kier molecular flexibility index (Phi) is 9.40. The third-order valence-corrected chi connectivity index (χ3v) is 9.55. The van der Waals surface area contributed by atoms with Crippen LogP contribution in [0.3, 0.4) is 0 Å². The lowest BCUT2D eigenvalue weighted by molar-refractivity contribution is 0.0838. The van der Waals surface area contributed by atoms with E-state index in [0.717, 1.165) is 42.4 Å². The van der Waals surface area contributed by atoms with Gasteiger partial charge in [-0.3, -0.25) is 0 Å². The monoisotopic (exact) mass is 399 g/mol. The molecule has 0 radical (unpaired) electrons.